The zero-order chi connectivity index (χ0) is 13.4. The van der Waals surface area contributed by atoms with Crippen molar-refractivity contribution >= 4 is 0 Å². The van der Waals surface area contributed by atoms with Gasteiger partial charge in [-0.05, 0) is 12.1 Å². The molecule has 0 aliphatic heterocycles. The smallest absolute Gasteiger partial charge is 0.420 e. The standard InChI is InChI=1S/C9H3F6NO/c10-8(11,12)5-1-4(3-16)2-6(7(5)17)9(13,14)15/h1-2,17H. The molecule has 0 atom stereocenters. The molecule has 0 fully saturated rings. The second-order valence-corrected chi connectivity index (χ2v) is 3.03. The number of aromatic hydroxyl groups is 1. The molecule has 0 spiro atoms. The van der Waals surface area contributed by atoms with Gasteiger partial charge in [0.15, 0.2) is 0 Å². The maximum absolute atomic E-state index is 12.3. The molecule has 92 valence electrons. The lowest BCUT2D eigenvalue weighted by molar-refractivity contribution is -0.145. The lowest BCUT2D eigenvalue weighted by Gasteiger charge is -2.14. The quantitative estimate of drug-likeness (QED) is 0.723. The van der Waals surface area contributed by atoms with Gasteiger partial charge in [0.25, 0.3) is 0 Å². The number of hydrogen-bond donors (Lipinski definition) is 1. The molecule has 0 aliphatic carbocycles. The zero-order valence-electron chi connectivity index (χ0n) is 7.82. The predicted octanol–water partition coefficient (Wildman–Crippen LogP) is 3.30. The van der Waals surface area contributed by atoms with Crippen molar-refractivity contribution in [2.24, 2.45) is 0 Å². The molecule has 17 heavy (non-hydrogen) atoms. The lowest BCUT2D eigenvalue weighted by atomic mass is 10.0. The van der Waals surface area contributed by atoms with Gasteiger partial charge in [-0.25, -0.2) is 0 Å². The highest BCUT2D eigenvalue weighted by molar-refractivity contribution is 5.50. The topological polar surface area (TPSA) is 44.0 Å². The summed E-state index contributed by atoms with van der Waals surface area (Å²) >= 11 is 0. The lowest BCUT2D eigenvalue weighted by Crippen LogP contribution is -2.12. The average Bonchev–Trinajstić information content (AvgIpc) is 2.14. The molecule has 0 amide bonds. The number of phenolic OH excluding ortho intramolecular Hbond substituents is 1. The van der Waals surface area contributed by atoms with E-state index in [4.69, 9.17) is 10.4 Å². The Bertz CT molecular complexity index is 447. The van der Waals surface area contributed by atoms with E-state index in [1.54, 1.807) is 0 Å². The highest BCUT2D eigenvalue weighted by atomic mass is 19.4. The van der Waals surface area contributed by atoms with E-state index in [1.807, 2.05) is 0 Å². The first-order valence-electron chi connectivity index (χ1n) is 3.99. The molecule has 1 aromatic carbocycles. The van der Waals surface area contributed by atoms with E-state index in [1.165, 1.54) is 6.07 Å². The van der Waals surface area contributed by atoms with Gasteiger partial charge in [-0.15, -0.1) is 0 Å². The van der Waals surface area contributed by atoms with Gasteiger partial charge in [-0.2, -0.15) is 31.6 Å². The third-order valence-corrected chi connectivity index (χ3v) is 1.85. The van der Waals surface area contributed by atoms with Crippen LogP contribution in [0.1, 0.15) is 16.7 Å². The summed E-state index contributed by atoms with van der Waals surface area (Å²) in [6.45, 7) is 0. The molecule has 0 aromatic heterocycles. The van der Waals surface area contributed by atoms with E-state index in [0.717, 1.165) is 0 Å². The highest BCUT2D eigenvalue weighted by Crippen LogP contribution is 2.43. The highest BCUT2D eigenvalue weighted by Gasteiger charge is 2.41. The molecule has 1 N–H and O–H groups in total. The Morgan fingerprint density at radius 2 is 1.29 bits per heavy atom. The maximum Gasteiger partial charge on any atom is 0.420 e. The van der Waals surface area contributed by atoms with Crippen LogP contribution in [0.25, 0.3) is 0 Å². The van der Waals surface area contributed by atoms with Crippen molar-refractivity contribution in [3.8, 4) is 11.8 Å². The van der Waals surface area contributed by atoms with Crippen LogP contribution < -0.4 is 0 Å². The Balaban J connectivity index is 3.61. The van der Waals surface area contributed by atoms with E-state index >= 15 is 0 Å². The van der Waals surface area contributed by atoms with Crippen LogP contribution in [0, 0.1) is 11.3 Å². The molecular formula is C9H3F6NO. The Kier molecular flexibility index (Phi) is 2.97. The minimum Gasteiger partial charge on any atom is -0.507 e. The molecule has 0 aliphatic rings. The minimum atomic E-state index is -5.17. The van der Waals surface area contributed by atoms with Crippen LogP contribution in [0.2, 0.25) is 0 Å². The Morgan fingerprint density at radius 3 is 1.53 bits per heavy atom. The zero-order valence-corrected chi connectivity index (χ0v) is 7.82. The van der Waals surface area contributed by atoms with Crippen molar-refractivity contribution in [2.45, 2.75) is 12.4 Å². The first-order chi connectivity index (χ1) is 7.57. The SMILES string of the molecule is N#Cc1cc(C(F)(F)F)c(O)c(C(F)(F)F)c1. The van der Waals surface area contributed by atoms with Crippen molar-refractivity contribution in [3.63, 3.8) is 0 Å². The minimum absolute atomic E-state index is 0.157. The molecule has 0 saturated carbocycles. The van der Waals surface area contributed by atoms with Crippen LogP contribution >= 0.6 is 0 Å². The Morgan fingerprint density at radius 1 is 0.941 bits per heavy atom. The molecule has 1 aromatic rings. The number of halogens is 6. The van der Waals surface area contributed by atoms with E-state index in [-0.39, 0.29) is 12.1 Å². The second kappa shape index (κ2) is 3.84. The van der Waals surface area contributed by atoms with Gasteiger partial charge in [-0.1, -0.05) is 0 Å². The van der Waals surface area contributed by atoms with Crippen molar-refractivity contribution in [2.75, 3.05) is 0 Å². The van der Waals surface area contributed by atoms with E-state index in [9.17, 15) is 26.3 Å². The van der Waals surface area contributed by atoms with Crippen LogP contribution in [0.3, 0.4) is 0 Å². The fourth-order valence-electron chi connectivity index (χ4n) is 1.13. The number of rotatable bonds is 0. The molecule has 0 radical (unpaired) electrons. The number of benzene rings is 1. The van der Waals surface area contributed by atoms with Crippen molar-refractivity contribution < 1.29 is 31.4 Å². The van der Waals surface area contributed by atoms with Crippen molar-refractivity contribution in [3.05, 3.63) is 28.8 Å². The van der Waals surface area contributed by atoms with E-state index < -0.39 is 34.8 Å². The summed E-state index contributed by atoms with van der Waals surface area (Å²) in [4.78, 5) is 0. The van der Waals surface area contributed by atoms with Gasteiger partial charge < -0.3 is 5.11 Å². The predicted molar refractivity (Wildman–Crippen MR) is 42.8 cm³/mol. The molecule has 0 bridgehead atoms. The van der Waals surface area contributed by atoms with Gasteiger partial charge in [-0.3, -0.25) is 0 Å². The summed E-state index contributed by atoms with van der Waals surface area (Å²) in [6.07, 6.45) is -10.3. The molecule has 2 nitrogen and oxygen atoms in total. The first kappa shape index (κ1) is 13.2. The monoisotopic (exact) mass is 255 g/mol. The van der Waals surface area contributed by atoms with Gasteiger partial charge in [0.1, 0.15) is 5.75 Å². The fraction of sp³-hybridized carbons (Fsp3) is 0.222. The summed E-state index contributed by atoms with van der Waals surface area (Å²) in [5.41, 5.74) is -4.60. The second-order valence-electron chi connectivity index (χ2n) is 3.03. The Hall–Kier alpha value is -1.91. The number of phenols is 1. The molecular weight excluding hydrogens is 252 g/mol. The summed E-state index contributed by atoms with van der Waals surface area (Å²) < 4.78 is 73.8. The largest absolute Gasteiger partial charge is 0.507 e. The van der Waals surface area contributed by atoms with Crippen molar-refractivity contribution in [1.82, 2.24) is 0 Å². The van der Waals surface area contributed by atoms with Gasteiger partial charge >= 0.3 is 12.4 Å². The van der Waals surface area contributed by atoms with Crippen LogP contribution in [-0.4, -0.2) is 5.11 Å². The number of hydrogen-bond acceptors (Lipinski definition) is 2. The molecule has 0 unspecified atom stereocenters. The van der Waals surface area contributed by atoms with Crippen LogP contribution in [-0.2, 0) is 12.4 Å². The van der Waals surface area contributed by atoms with Gasteiger partial charge in [0.05, 0.1) is 22.8 Å². The van der Waals surface area contributed by atoms with Crippen molar-refractivity contribution in [1.29, 1.82) is 5.26 Å². The molecule has 8 heteroatoms. The van der Waals surface area contributed by atoms with Gasteiger partial charge in [0.2, 0.25) is 0 Å². The van der Waals surface area contributed by atoms with E-state index in [2.05, 4.69) is 0 Å². The molecule has 0 heterocycles. The number of nitriles is 1. The average molecular weight is 255 g/mol. The summed E-state index contributed by atoms with van der Waals surface area (Å²) in [5, 5.41) is 17.3. The molecule has 1 rings (SSSR count). The normalized spacial score (nSPS) is 12.3. The number of nitrogens with zero attached hydrogens (tertiary/aromatic N) is 1. The maximum atomic E-state index is 12.3. The van der Waals surface area contributed by atoms with E-state index in [0.29, 0.717) is 0 Å². The summed E-state index contributed by atoms with van der Waals surface area (Å²) in [5.74, 6) is -1.93. The van der Waals surface area contributed by atoms with Crippen LogP contribution in [0.4, 0.5) is 26.3 Å². The fourth-order valence-corrected chi connectivity index (χ4v) is 1.13. The molecule has 0 saturated heterocycles. The third kappa shape index (κ3) is 2.61. The third-order valence-electron chi connectivity index (χ3n) is 1.85. The number of alkyl halides is 6. The van der Waals surface area contributed by atoms with Crippen LogP contribution in [0.5, 0.6) is 5.75 Å². The van der Waals surface area contributed by atoms with Gasteiger partial charge in [0, 0.05) is 0 Å². The first-order valence-corrected chi connectivity index (χ1v) is 3.99. The Labute approximate surface area is 90.7 Å². The van der Waals surface area contributed by atoms with Crippen LogP contribution in [0.15, 0.2) is 12.1 Å². The summed E-state index contributed by atoms with van der Waals surface area (Å²) in [7, 11) is 0. The summed E-state index contributed by atoms with van der Waals surface area (Å²) in [6, 6.07) is 1.48.